The minimum atomic E-state index is -0.496. The van der Waals surface area contributed by atoms with E-state index in [0.29, 0.717) is 17.8 Å². The highest BCUT2D eigenvalue weighted by Crippen LogP contribution is 2.47. The predicted octanol–water partition coefficient (Wildman–Crippen LogP) is 5.37. The van der Waals surface area contributed by atoms with Crippen molar-refractivity contribution in [3.63, 3.8) is 0 Å². The maximum atomic E-state index is 13.5. The smallest absolute Gasteiger partial charge is 0.338 e. The lowest BCUT2D eigenvalue weighted by Gasteiger charge is -2.37. The van der Waals surface area contributed by atoms with E-state index in [-0.39, 0.29) is 18.9 Å². The first kappa shape index (κ1) is 25.5. The van der Waals surface area contributed by atoms with E-state index in [0.717, 1.165) is 33.1 Å². The number of aromatic nitrogens is 1. The first-order valence-corrected chi connectivity index (χ1v) is 13.4. The minimum Gasteiger partial charge on any atom is -0.463 e. The van der Waals surface area contributed by atoms with Gasteiger partial charge in [0, 0.05) is 30.2 Å². The molecular formula is C30H28N4O3S. The molecule has 7 nitrogen and oxygen atoms in total. The van der Waals surface area contributed by atoms with Crippen molar-refractivity contribution in [3.05, 3.63) is 118 Å². The van der Waals surface area contributed by atoms with Gasteiger partial charge in [-0.3, -0.25) is 9.78 Å². The van der Waals surface area contributed by atoms with E-state index < -0.39 is 12.0 Å². The zero-order chi connectivity index (χ0) is 26.5. The highest BCUT2D eigenvalue weighted by molar-refractivity contribution is 8.16. The van der Waals surface area contributed by atoms with Gasteiger partial charge in [-0.05, 0) is 36.4 Å². The molecule has 0 radical (unpaired) electrons. The van der Waals surface area contributed by atoms with Gasteiger partial charge in [0.25, 0.3) is 0 Å². The highest BCUT2D eigenvalue weighted by Gasteiger charge is 2.42. The quantitative estimate of drug-likeness (QED) is 0.399. The van der Waals surface area contributed by atoms with E-state index in [9.17, 15) is 9.59 Å². The van der Waals surface area contributed by atoms with Gasteiger partial charge >= 0.3 is 5.97 Å². The number of pyridine rings is 1. The number of amides is 1. The van der Waals surface area contributed by atoms with Crippen molar-refractivity contribution >= 4 is 34.5 Å². The van der Waals surface area contributed by atoms with E-state index in [4.69, 9.17) is 9.73 Å². The van der Waals surface area contributed by atoms with Crippen LogP contribution in [0.1, 0.15) is 41.6 Å². The second kappa shape index (κ2) is 11.5. The number of nitrogens with one attached hydrogen (secondary N) is 1. The number of carbonyl (C=O) groups is 2. The van der Waals surface area contributed by atoms with Crippen molar-refractivity contribution in [3.8, 4) is 0 Å². The summed E-state index contributed by atoms with van der Waals surface area (Å²) in [6, 6.07) is 21.0. The summed E-state index contributed by atoms with van der Waals surface area (Å²) in [6.07, 6.45) is 3.58. The molecule has 1 aromatic heterocycles. The summed E-state index contributed by atoms with van der Waals surface area (Å²) in [5.41, 5.74) is 5.58. The van der Waals surface area contributed by atoms with Crippen molar-refractivity contribution in [2.45, 2.75) is 32.9 Å². The summed E-state index contributed by atoms with van der Waals surface area (Å²) < 4.78 is 5.56. The molecule has 0 bridgehead atoms. The third kappa shape index (κ3) is 5.40. The number of thioether (sulfide) groups is 1. The Morgan fingerprint density at radius 3 is 2.66 bits per heavy atom. The average Bonchev–Trinajstić information content (AvgIpc) is 3.34. The van der Waals surface area contributed by atoms with Crippen LogP contribution in [0.3, 0.4) is 0 Å². The van der Waals surface area contributed by atoms with Crippen LogP contribution >= 0.6 is 11.8 Å². The number of hydrogen-bond donors (Lipinski definition) is 1. The summed E-state index contributed by atoms with van der Waals surface area (Å²) in [5.74, 6) is -0.543. The minimum absolute atomic E-state index is 0.125. The van der Waals surface area contributed by atoms with Crippen LogP contribution in [-0.2, 0) is 20.9 Å². The summed E-state index contributed by atoms with van der Waals surface area (Å²) in [4.78, 5) is 37.6. The summed E-state index contributed by atoms with van der Waals surface area (Å²) in [7, 11) is 0. The number of aryl methyl sites for hydroxylation is 1. The molecule has 1 N–H and O–H groups in total. The van der Waals surface area contributed by atoms with Crippen LogP contribution in [-0.4, -0.2) is 33.5 Å². The molecule has 0 saturated carbocycles. The largest absolute Gasteiger partial charge is 0.463 e. The van der Waals surface area contributed by atoms with Gasteiger partial charge in [0.05, 0.1) is 30.3 Å². The van der Waals surface area contributed by atoms with E-state index in [1.165, 1.54) is 11.8 Å². The molecule has 0 aliphatic carbocycles. The lowest BCUT2D eigenvalue weighted by atomic mass is 9.90. The van der Waals surface area contributed by atoms with E-state index in [2.05, 4.69) is 16.4 Å². The number of carbonyl (C=O) groups excluding carboxylic acids is 2. The number of esters is 1. The fourth-order valence-corrected chi connectivity index (χ4v) is 5.49. The predicted molar refractivity (Wildman–Crippen MR) is 150 cm³/mol. The van der Waals surface area contributed by atoms with Crippen molar-refractivity contribution < 1.29 is 14.3 Å². The molecule has 3 heterocycles. The van der Waals surface area contributed by atoms with Gasteiger partial charge in [0.1, 0.15) is 0 Å². The van der Waals surface area contributed by atoms with Crippen LogP contribution in [0.25, 0.3) is 5.70 Å². The summed E-state index contributed by atoms with van der Waals surface area (Å²) in [5, 5.41) is 5.64. The van der Waals surface area contributed by atoms with E-state index in [1.807, 2.05) is 77.9 Å². The molecule has 38 heavy (non-hydrogen) atoms. The van der Waals surface area contributed by atoms with Crippen LogP contribution in [0.5, 0.6) is 0 Å². The fourth-order valence-electron chi connectivity index (χ4n) is 4.57. The van der Waals surface area contributed by atoms with Gasteiger partial charge in [-0.2, -0.15) is 0 Å². The van der Waals surface area contributed by atoms with Crippen LogP contribution < -0.4 is 5.32 Å². The third-order valence-corrected chi connectivity index (χ3v) is 7.15. The molecule has 2 aliphatic rings. The van der Waals surface area contributed by atoms with Gasteiger partial charge in [-0.15, -0.1) is 0 Å². The standard InChI is InChI=1S/C30H28N4O3S/c1-3-37-29(36)26-27(22-11-5-4-6-12-22)33-30-34(28(26)23-13-7-9-20(2)15-23)24(19-38-30)16-25(35)32-18-21-10-8-14-31-17-21/h4-15,17,19,28H,3,16,18H2,1-2H3,(H,32,35)/t28-/m0/s1. The second-order valence-corrected chi connectivity index (χ2v) is 9.81. The Morgan fingerprint density at radius 2 is 1.92 bits per heavy atom. The summed E-state index contributed by atoms with van der Waals surface area (Å²) in [6.45, 7) is 4.45. The van der Waals surface area contributed by atoms with Crippen molar-refractivity contribution in [1.82, 2.24) is 15.2 Å². The van der Waals surface area contributed by atoms with Gasteiger partial charge in [-0.1, -0.05) is 78.0 Å². The van der Waals surface area contributed by atoms with Crippen LogP contribution in [0.2, 0.25) is 0 Å². The molecule has 5 rings (SSSR count). The first-order chi connectivity index (χ1) is 18.5. The van der Waals surface area contributed by atoms with Gasteiger partial charge in [0.15, 0.2) is 5.17 Å². The number of hydrogen-bond acceptors (Lipinski definition) is 7. The highest BCUT2D eigenvalue weighted by atomic mass is 32.2. The number of aliphatic imine (C=N–C) groups is 1. The molecule has 2 aromatic carbocycles. The van der Waals surface area contributed by atoms with Crippen molar-refractivity contribution in [2.75, 3.05) is 6.61 Å². The molecule has 0 fully saturated rings. The molecule has 0 unspecified atom stereocenters. The Balaban J connectivity index is 1.53. The fraction of sp³-hybridized carbons (Fsp3) is 0.200. The zero-order valence-electron chi connectivity index (χ0n) is 21.3. The maximum Gasteiger partial charge on any atom is 0.338 e. The number of nitrogens with zero attached hydrogens (tertiary/aromatic N) is 3. The first-order valence-electron chi connectivity index (χ1n) is 12.5. The number of fused-ring (bicyclic) bond motifs is 1. The van der Waals surface area contributed by atoms with Crippen molar-refractivity contribution in [2.24, 2.45) is 4.99 Å². The van der Waals surface area contributed by atoms with Crippen LogP contribution in [0, 0.1) is 6.92 Å². The van der Waals surface area contributed by atoms with Gasteiger partial charge < -0.3 is 15.0 Å². The zero-order valence-corrected chi connectivity index (χ0v) is 22.1. The molecule has 8 heteroatoms. The molecule has 1 amide bonds. The van der Waals surface area contributed by atoms with E-state index >= 15 is 0 Å². The molecule has 0 spiro atoms. The number of amidine groups is 1. The lowest BCUT2D eigenvalue weighted by Crippen LogP contribution is -2.38. The van der Waals surface area contributed by atoms with Gasteiger partial charge in [-0.25, -0.2) is 9.79 Å². The number of ether oxygens (including phenoxy) is 1. The molecule has 2 aliphatic heterocycles. The normalized spacial score (nSPS) is 16.5. The lowest BCUT2D eigenvalue weighted by molar-refractivity contribution is -0.139. The molecule has 1 atom stereocenters. The Bertz CT molecular complexity index is 1430. The molecular weight excluding hydrogens is 496 g/mol. The SMILES string of the molecule is CCOC(=O)C1=C(c2ccccc2)N=C2SC=C(CC(=O)NCc3cccnc3)N2[C@H]1c1cccc(C)c1. The monoisotopic (exact) mass is 524 g/mol. The molecule has 192 valence electrons. The maximum absolute atomic E-state index is 13.5. The van der Waals surface area contributed by atoms with Crippen molar-refractivity contribution in [1.29, 1.82) is 0 Å². The summed E-state index contributed by atoms with van der Waals surface area (Å²) >= 11 is 1.46. The Hall–Kier alpha value is -4.17. The Morgan fingerprint density at radius 1 is 1.08 bits per heavy atom. The number of benzene rings is 2. The van der Waals surface area contributed by atoms with Crippen LogP contribution in [0.15, 0.2) is 101 Å². The number of rotatable bonds is 8. The third-order valence-electron chi connectivity index (χ3n) is 6.26. The molecule has 0 saturated heterocycles. The second-order valence-electron chi connectivity index (χ2n) is 8.97. The Labute approximate surface area is 226 Å². The van der Waals surface area contributed by atoms with E-state index in [1.54, 1.807) is 19.3 Å². The van der Waals surface area contributed by atoms with Gasteiger partial charge in [0.2, 0.25) is 5.91 Å². The Kier molecular flexibility index (Phi) is 7.70. The topological polar surface area (TPSA) is 83.9 Å². The van der Waals surface area contributed by atoms with Crippen LogP contribution in [0.4, 0.5) is 0 Å². The molecule has 3 aromatic rings. The average molecular weight is 525 g/mol.